The Morgan fingerprint density at radius 2 is 2.10 bits per heavy atom. The molecule has 0 radical (unpaired) electrons. The summed E-state index contributed by atoms with van der Waals surface area (Å²) in [5.41, 5.74) is -0.495. The Morgan fingerprint density at radius 3 is 2.65 bits per heavy atom. The maximum Gasteiger partial charge on any atom is 0.416 e. The molecule has 0 bridgehead atoms. The second-order valence-electron chi connectivity index (χ2n) is 4.87. The first kappa shape index (κ1) is 15.5. The number of aliphatic imine (C=N–C) groups is 1. The number of hydrogen-bond donors (Lipinski definition) is 1. The highest BCUT2D eigenvalue weighted by molar-refractivity contribution is 8.14. The van der Waals surface area contributed by atoms with Crippen molar-refractivity contribution in [3.63, 3.8) is 0 Å². The molecule has 7 heteroatoms. The third kappa shape index (κ3) is 3.61. The first-order valence-corrected chi connectivity index (χ1v) is 7.48. The molecule has 0 spiro atoms. The van der Waals surface area contributed by atoms with Crippen molar-refractivity contribution >= 4 is 34.2 Å². The van der Waals surface area contributed by atoms with E-state index in [1.54, 1.807) is 0 Å². The Hall–Kier alpha value is -0.880. The molecule has 20 heavy (non-hydrogen) atoms. The van der Waals surface area contributed by atoms with Gasteiger partial charge in [-0.15, -0.1) is 0 Å². The van der Waals surface area contributed by atoms with E-state index in [0.717, 1.165) is 17.9 Å². The molecule has 0 aromatic heterocycles. The quantitative estimate of drug-likeness (QED) is 0.837. The van der Waals surface area contributed by atoms with Crippen molar-refractivity contribution in [2.45, 2.75) is 26.1 Å². The van der Waals surface area contributed by atoms with Gasteiger partial charge in [0, 0.05) is 5.75 Å². The summed E-state index contributed by atoms with van der Waals surface area (Å²) >= 11 is 7.42. The average Bonchev–Trinajstić information content (AvgIpc) is 2.79. The summed E-state index contributed by atoms with van der Waals surface area (Å²) in [6.07, 6.45) is -4.38. The number of thioether (sulfide) groups is 1. The standard InChI is InChI=1S/C13H14ClF3N2S/c1-7(2)11-6-20-12(19-11)18-10-5-8(13(15,16)17)3-4-9(10)14/h3-5,7,11H,6H2,1-2H3,(H,18,19)/t11-/m1/s1. The smallest absolute Gasteiger partial charge is 0.334 e. The van der Waals surface area contributed by atoms with Gasteiger partial charge in [0.05, 0.1) is 22.3 Å². The Morgan fingerprint density at radius 1 is 1.40 bits per heavy atom. The molecular formula is C13H14ClF3N2S. The highest BCUT2D eigenvalue weighted by Gasteiger charge is 2.31. The Labute approximate surface area is 124 Å². The van der Waals surface area contributed by atoms with Crippen LogP contribution >= 0.6 is 23.4 Å². The lowest BCUT2D eigenvalue weighted by Gasteiger charge is -2.12. The van der Waals surface area contributed by atoms with Gasteiger partial charge in [-0.05, 0) is 24.1 Å². The van der Waals surface area contributed by atoms with E-state index in [1.807, 2.05) is 0 Å². The van der Waals surface area contributed by atoms with E-state index in [9.17, 15) is 13.2 Å². The van der Waals surface area contributed by atoms with E-state index in [4.69, 9.17) is 11.6 Å². The van der Waals surface area contributed by atoms with Gasteiger partial charge in [-0.1, -0.05) is 37.2 Å². The molecule has 1 atom stereocenters. The molecule has 1 aromatic carbocycles. The van der Waals surface area contributed by atoms with Crippen LogP contribution in [-0.2, 0) is 6.18 Å². The van der Waals surface area contributed by atoms with Gasteiger partial charge in [0.2, 0.25) is 0 Å². The van der Waals surface area contributed by atoms with Crippen molar-refractivity contribution in [1.82, 2.24) is 0 Å². The third-order valence-corrected chi connectivity index (χ3v) is 4.30. The zero-order valence-corrected chi connectivity index (χ0v) is 12.5. The van der Waals surface area contributed by atoms with Gasteiger partial charge in [-0.2, -0.15) is 13.2 Å². The summed E-state index contributed by atoms with van der Waals surface area (Å²) in [7, 11) is 0. The SMILES string of the molecule is CC(C)[C@H]1CSC(Nc2cc(C(F)(F)F)ccc2Cl)=N1. The van der Waals surface area contributed by atoms with Crippen LogP contribution in [0.1, 0.15) is 19.4 Å². The number of alkyl halides is 3. The first-order chi connectivity index (χ1) is 9.27. The van der Waals surface area contributed by atoms with E-state index in [0.29, 0.717) is 11.1 Å². The predicted octanol–water partition coefficient (Wildman–Crippen LogP) is 4.90. The lowest BCUT2D eigenvalue weighted by molar-refractivity contribution is -0.137. The maximum absolute atomic E-state index is 12.7. The van der Waals surface area contributed by atoms with Crippen molar-refractivity contribution in [3.05, 3.63) is 28.8 Å². The topological polar surface area (TPSA) is 24.4 Å². The van der Waals surface area contributed by atoms with Gasteiger partial charge in [0.1, 0.15) is 0 Å². The molecule has 0 unspecified atom stereocenters. The summed E-state index contributed by atoms with van der Waals surface area (Å²) in [5, 5.41) is 3.75. The third-order valence-electron chi connectivity index (χ3n) is 2.98. The molecule has 1 aliphatic rings. The molecule has 1 N–H and O–H groups in total. The van der Waals surface area contributed by atoms with Gasteiger partial charge in [-0.25, -0.2) is 0 Å². The van der Waals surface area contributed by atoms with Crippen LogP contribution in [0, 0.1) is 5.92 Å². The molecule has 2 rings (SSSR count). The number of halogens is 4. The molecule has 2 nitrogen and oxygen atoms in total. The predicted molar refractivity (Wildman–Crippen MR) is 78.6 cm³/mol. The van der Waals surface area contributed by atoms with Crippen LogP contribution < -0.4 is 5.32 Å². The monoisotopic (exact) mass is 322 g/mol. The summed E-state index contributed by atoms with van der Waals surface area (Å²) < 4.78 is 38.0. The van der Waals surface area contributed by atoms with Crippen LogP contribution in [0.4, 0.5) is 18.9 Å². The molecule has 0 saturated carbocycles. The van der Waals surface area contributed by atoms with Crippen LogP contribution in [0.2, 0.25) is 5.02 Å². The zero-order chi connectivity index (χ0) is 14.9. The normalized spacial score (nSPS) is 19.4. The summed E-state index contributed by atoms with van der Waals surface area (Å²) in [5.74, 6) is 1.23. The van der Waals surface area contributed by atoms with E-state index in [1.165, 1.54) is 17.8 Å². The summed E-state index contributed by atoms with van der Waals surface area (Å²) in [6.45, 7) is 4.13. The fraction of sp³-hybridized carbons (Fsp3) is 0.462. The number of rotatable bonds is 2. The number of benzene rings is 1. The molecule has 1 heterocycles. The molecular weight excluding hydrogens is 309 g/mol. The van der Waals surface area contributed by atoms with E-state index in [-0.39, 0.29) is 16.8 Å². The summed E-state index contributed by atoms with van der Waals surface area (Å²) in [4.78, 5) is 4.44. The van der Waals surface area contributed by atoms with Crippen molar-refractivity contribution in [2.75, 3.05) is 11.1 Å². The fourth-order valence-electron chi connectivity index (χ4n) is 1.71. The molecule has 0 saturated heterocycles. The maximum atomic E-state index is 12.7. The van der Waals surface area contributed by atoms with Gasteiger partial charge in [-0.3, -0.25) is 4.99 Å². The van der Waals surface area contributed by atoms with Gasteiger partial charge in [0.15, 0.2) is 5.17 Å². The van der Waals surface area contributed by atoms with Crippen molar-refractivity contribution < 1.29 is 13.2 Å². The minimum Gasteiger partial charge on any atom is -0.334 e. The second-order valence-corrected chi connectivity index (χ2v) is 6.29. The van der Waals surface area contributed by atoms with Crippen LogP contribution in [0.25, 0.3) is 0 Å². The molecule has 1 aliphatic heterocycles. The number of hydrogen-bond acceptors (Lipinski definition) is 3. The minimum absolute atomic E-state index is 0.187. The number of nitrogens with zero attached hydrogens (tertiary/aromatic N) is 1. The number of amidine groups is 1. The molecule has 0 fully saturated rings. The fourth-order valence-corrected chi connectivity index (χ4v) is 3.06. The Balaban J connectivity index is 2.20. The van der Waals surface area contributed by atoms with Crippen molar-refractivity contribution in [3.8, 4) is 0 Å². The molecule has 1 aromatic rings. The Bertz CT molecular complexity index is 529. The zero-order valence-electron chi connectivity index (χ0n) is 11.0. The molecule has 110 valence electrons. The van der Waals surface area contributed by atoms with E-state index in [2.05, 4.69) is 24.2 Å². The van der Waals surface area contributed by atoms with E-state index < -0.39 is 11.7 Å². The average molecular weight is 323 g/mol. The van der Waals surface area contributed by atoms with Crippen LogP contribution in [0.3, 0.4) is 0 Å². The van der Waals surface area contributed by atoms with Gasteiger partial charge < -0.3 is 5.32 Å². The van der Waals surface area contributed by atoms with Crippen LogP contribution in [-0.4, -0.2) is 17.0 Å². The lowest BCUT2D eigenvalue weighted by Crippen LogP contribution is -2.12. The van der Waals surface area contributed by atoms with E-state index >= 15 is 0 Å². The highest BCUT2D eigenvalue weighted by Crippen LogP contribution is 2.34. The minimum atomic E-state index is -4.38. The van der Waals surface area contributed by atoms with Crippen molar-refractivity contribution in [2.24, 2.45) is 10.9 Å². The van der Waals surface area contributed by atoms with Crippen LogP contribution in [0.5, 0.6) is 0 Å². The van der Waals surface area contributed by atoms with Gasteiger partial charge >= 0.3 is 6.18 Å². The first-order valence-electron chi connectivity index (χ1n) is 6.11. The lowest BCUT2D eigenvalue weighted by atomic mass is 10.1. The van der Waals surface area contributed by atoms with Crippen LogP contribution in [0.15, 0.2) is 23.2 Å². The highest BCUT2D eigenvalue weighted by atomic mass is 35.5. The Kier molecular flexibility index (Phi) is 4.54. The number of nitrogens with one attached hydrogen (secondary N) is 1. The van der Waals surface area contributed by atoms with Gasteiger partial charge in [0.25, 0.3) is 0 Å². The largest absolute Gasteiger partial charge is 0.416 e. The second kappa shape index (κ2) is 5.85. The molecule has 0 amide bonds. The number of anilines is 1. The van der Waals surface area contributed by atoms with Crippen molar-refractivity contribution in [1.29, 1.82) is 0 Å². The molecule has 0 aliphatic carbocycles. The summed E-state index contributed by atoms with van der Waals surface area (Å²) in [6, 6.07) is 3.40.